The highest BCUT2D eigenvalue weighted by Gasteiger charge is 2.42. The third-order valence-electron chi connectivity index (χ3n) is 11.6. The number of halogens is 1. The Morgan fingerprint density at radius 1 is 0.557 bits per heavy atom. The van der Waals surface area contributed by atoms with E-state index in [2.05, 4.69) is 26.1 Å². The Bertz CT molecular complexity index is 1500. The molecule has 0 aliphatic heterocycles. The number of carbonyl (C=O) groups is 3. The molecule has 0 amide bonds. The number of nitrogens with zero attached hydrogens (tertiary/aromatic N) is 1. The molecule has 0 aromatic rings. The van der Waals surface area contributed by atoms with Crippen LogP contribution in [0.15, 0.2) is 0 Å². The van der Waals surface area contributed by atoms with Crippen molar-refractivity contribution in [2.75, 3.05) is 63.3 Å². The summed E-state index contributed by atoms with van der Waals surface area (Å²) in [5, 5.41) is 3.11. The van der Waals surface area contributed by atoms with E-state index in [1.54, 1.807) is 20.8 Å². The molecular weight excluding hydrogens is 872 g/mol. The van der Waals surface area contributed by atoms with Crippen molar-refractivity contribution in [1.82, 2.24) is 9.62 Å². The number of nitrogens with one attached hydrogen (secondary N) is 1. The zero-order valence-electron chi connectivity index (χ0n) is 38.0. The fourth-order valence-electron chi connectivity index (χ4n) is 8.95. The van der Waals surface area contributed by atoms with Gasteiger partial charge in [-0.2, -0.15) is 8.42 Å². The van der Waals surface area contributed by atoms with Crippen molar-refractivity contribution in [3.63, 3.8) is 0 Å². The largest absolute Gasteiger partial charge is 0.466 e. The molecule has 0 spiro atoms. The molecule has 9 atom stereocenters. The summed E-state index contributed by atoms with van der Waals surface area (Å²) in [6.45, 7) is 23.6. The molecule has 0 aromatic heterocycles. The summed E-state index contributed by atoms with van der Waals surface area (Å²) in [5.41, 5.74) is 0. The van der Waals surface area contributed by atoms with Crippen LogP contribution in [0.1, 0.15) is 134 Å². The number of carbonyl (C=O) groups excluding carboxylic acids is 3. The van der Waals surface area contributed by atoms with Gasteiger partial charge < -0.3 is 19.5 Å². The van der Waals surface area contributed by atoms with Crippen LogP contribution in [0.3, 0.4) is 0 Å². The second-order valence-corrected chi connectivity index (χ2v) is 22.2. The van der Waals surface area contributed by atoms with Crippen LogP contribution in [0, 0.1) is 53.3 Å². The van der Waals surface area contributed by atoms with E-state index in [4.69, 9.17) is 29.4 Å². The van der Waals surface area contributed by atoms with Crippen molar-refractivity contribution in [3.05, 3.63) is 0 Å². The summed E-state index contributed by atoms with van der Waals surface area (Å²) in [6.07, 6.45) is 6.50. The second-order valence-electron chi connectivity index (χ2n) is 15.9. The number of rotatable bonds is 20. The molecule has 0 heterocycles. The molecule has 3 rings (SSSR count). The minimum atomic E-state index is -3.95. The fourth-order valence-corrected chi connectivity index (χ4v) is 13.0. The number of esters is 3. The lowest BCUT2D eigenvalue weighted by Crippen LogP contribution is -2.34. The van der Waals surface area contributed by atoms with Gasteiger partial charge in [-0.15, -0.1) is 0 Å². The van der Waals surface area contributed by atoms with Crippen molar-refractivity contribution in [2.45, 2.75) is 134 Å². The van der Waals surface area contributed by atoms with Crippen molar-refractivity contribution >= 4 is 57.8 Å². The SMILES string of the molecule is C.CCNCC.CCOC(=O)C1CC(CS(=O)(=O)Cl)CC1CC.CCOC(=O)C1CC(CS(=O)(=O)N(CC)CC)CC1CC.CCOC(=O)C1CC(CS(=O)(=O)O)CC1CC. The number of hydrogen-bond donors (Lipinski definition) is 2. The average molecular weight is 956 g/mol. The smallest absolute Gasteiger partial charge is 0.309 e. The molecule has 0 aromatic carbocycles. The monoisotopic (exact) mass is 954 g/mol. The van der Waals surface area contributed by atoms with Gasteiger partial charge in [-0.1, -0.05) is 75.2 Å². The van der Waals surface area contributed by atoms with Gasteiger partial charge in [0.1, 0.15) is 0 Å². The first kappa shape index (κ1) is 61.5. The van der Waals surface area contributed by atoms with E-state index in [9.17, 15) is 39.6 Å². The Morgan fingerprint density at radius 2 is 0.869 bits per heavy atom. The van der Waals surface area contributed by atoms with Gasteiger partial charge in [-0.05, 0) is 108 Å². The van der Waals surface area contributed by atoms with Gasteiger partial charge >= 0.3 is 17.9 Å². The molecule has 3 aliphatic rings. The van der Waals surface area contributed by atoms with Gasteiger partial charge in [0.15, 0.2) is 0 Å². The van der Waals surface area contributed by atoms with Crippen molar-refractivity contribution < 1.29 is 58.4 Å². The van der Waals surface area contributed by atoms with Gasteiger partial charge in [-0.3, -0.25) is 18.9 Å². The molecule has 2 N–H and O–H groups in total. The topological polar surface area (TPSA) is 217 Å². The maximum atomic E-state index is 12.4. The molecule has 0 radical (unpaired) electrons. The zero-order chi connectivity index (χ0) is 46.3. The average Bonchev–Trinajstić information content (AvgIpc) is 3.88. The quantitative estimate of drug-likeness (QED) is 0.0535. The maximum Gasteiger partial charge on any atom is 0.309 e. The normalized spacial score (nSPS) is 26.0. The van der Waals surface area contributed by atoms with Crippen molar-refractivity contribution in [2.24, 2.45) is 53.3 Å². The Labute approximate surface area is 375 Å². The van der Waals surface area contributed by atoms with E-state index >= 15 is 0 Å². The first-order chi connectivity index (χ1) is 28.0. The lowest BCUT2D eigenvalue weighted by Gasteiger charge is -2.20. The third kappa shape index (κ3) is 23.8. The summed E-state index contributed by atoms with van der Waals surface area (Å²) in [6, 6.07) is 0. The molecule has 9 unspecified atom stereocenters. The van der Waals surface area contributed by atoms with Crippen LogP contribution in [0.4, 0.5) is 0 Å². The van der Waals surface area contributed by atoms with Crippen LogP contribution < -0.4 is 5.32 Å². The first-order valence-electron chi connectivity index (χ1n) is 22.1. The first-order valence-corrected chi connectivity index (χ1v) is 27.8. The summed E-state index contributed by atoms with van der Waals surface area (Å²) < 4.78 is 93.9. The molecule has 3 fully saturated rings. The van der Waals surface area contributed by atoms with E-state index in [0.29, 0.717) is 58.6 Å². The summed E-state index contributed by atoms with van der Waals surface area (Å²) >= 11 is 0. The molecular formula is C42H83ClN2O13S3. The zero-order valence-corrected chi connectivity index (χ0v) is 41.2. The number of hydrogen-bond acceptors (Lipinski definition) is 13. The Morgan fingerprint density at radius 3 is 1.10 bits per heavy atom. The second kappa shape index (κ2) is 31.3. The minimum absolute atomic E-state index is 0. The Balaban J connectivity index is 0. The highest BCUT2D eigenvalue weighted by atomic mass is 35.7. The molecule has 15 nitrogen and oxygen atoms in total. The Hall–Kier alpha value is -1.57. The van der Waals surface area contributed by atoms with E-state index in [-0.39, 0.29) is 95.9 Å². The third-order valence-corrected chi connectivity index (χ3v) is 16.0. The lowest BCUT2D eigenvalue weighted by molar-refractivity contribution is -0.150. The minimum Gasteiger partial charge on any atom is -0.466 e. The molecule has 3 saturated carbocycles. The van der Waals surface area contributed by atoms with Crippen LogP contribution in [-0.2, 0) is 57.8 Å². The molecule has 19 heteroatoms. The van der Waals surface area contributed by atoms with Crippen LogP contribution in [-0.4, -0.2) is 115 Å². The highest BCUT2D eigenvalue weighted by molar-refractivity contribution is 8.13. The van der Waals surface area contributed by atoms with Gasteiger partial charge in [0.05, 0.1) is 54.8 Å². The summed E-state index contributed by atoms with van der Waals surface area (Å²) in [5.74, 6) is -0.697. The number of sulfonamides is 1. The highest BCUT2D eigenvalue weighted by Crippen LogP contribution is 2.42. The standard InChI is InChI=1S/C15H29NO4S.C11H19ClO4S.C11H20O5S.C4H11N.CH4/c1-5-13-9-12(10-14(13)15(17)20-8-4)11-21(18,19)16(6-2)7-3;1-3-9-5-8(7-17(12,14)15)6-10(9)11(13)16-4-2;1-3-9-5-8(7-17(13,14)15)6-10(9)11(12)16-4-2;1-3-5-4-2;/h12-14H,5-11H2,1-4H3;8-10H,3-7H2,1-2H3;8-10H,3-7H2,1-2H3,(H,13,14,15);5H,3-4H2,1-2H3;1H4. The molecule has 3 aliphatic carbocycles. The van der Waals surface area contributed by atoms with Crippen LogP contribution >= 0.6 is 10.7 Å². The fraction of sp³-hybridized carbons (Fsp3) is 0.929. The predicted molar refractivity (Wildman–Crippen MR) is 244 cm³/mol. The van der Waals surface area contributed by atoms with Gasteiger partial charge in [0, 0.05) is 23.8 Å². The van der Waals surface area contributed by atoms with E-state index in [0.717, 1.165) is 45.2 Å². The van der Waals surface area contributed by atoms with Gasteiger partial charge in [0.2, 0.25) is 19.1 Å². The maximum absolute atomic E-state index is 12.4. The van der Waals surface area contributed by atoms with E-state index < -0.39 is 29.2 Å². The predicted octanol–water partition coefficient (Wildman–Crippen LogP) is 7.19. The van der Waals surface area contributed by atoms with E-state index in [1.807, 2.05) is 27.7 Å². The summed E-state index contributed by atoms with van der Waals surface area (Å²) in [4.78, 5) is 35.4. The number of ether oxygens (including phenoxy) is 3. The van der Waals surface area contributed by atoms with Crippen LogP contribution in [0.5, 0.6) is 0 Å². The van der Waals surface area contributed by atoms with Crippen molar-refractivity contribution in [3.8, 4) is 0 Å². The van der Waals surface area contributed by atoms with Gasteiger partial charge in [0.25, 0.3) is 10.1 Å². The molecule has 0 saturated heterocycles. The Kier molecular flexibility index (Phi) is 31.6. The molecule has 364 valence electrons. The molecule has 0 bridgehead atoms. The summed E-state index contributed by atoms with van der Waals surface area (Å²) in [7, 11) is -5.40. The van der Waals surface area contributed by atoms with Crippen LogP contribution in [0.25, 0.3) is 0 Å². The molecule has 61 heavy (non-hydrogen) atoms. The van der Waals surface area contributed by atoms with Gasteiger partial charge in [-0.25, -0.2) is 21.1 Å². The van der Waals surface area contributed by atoms with E-state index in [1.165, 1.54) is 4.31 Å². The lowest BCUT2D eigenvalue weighted by atomic mass is 9.94. The van der Waals surface area contributed by atoms with Crippen molar-refractivity contribution in [1.29, 1.82) is 0 Å². The van der Waals surface area contributed by atoms with Crippen LogP contribution in [0.2, 0.25) is 0 Å².